The van der Waals surface area contributed by atoms with Crippen molar-refractivity contribution in [3.63, 3.8) is 0 Å². The molecule has 0 aliphatic carbocycles. The van der Waals surface area contributed by atoms with Gasteiger partial charge in [-0.05, 0) is 44.2 Å². The first-order valence-corrected chi connectivity index (χ1v) is 6.48. The summed E-state index contributed by atoms with van der Waals surface area (Å²) in [5.41, 5.74) is 0.409. The van der Waals surface area contributed by atoms with E-state index in [4.69, 9.17) is 9.47 Å². The fraction of sp³-hybridized carbons (Fsp3) is 0.250. The Balaban J connectivity index is 2.27. The molecule has 0 amide bonds. The van der Waals surface area contributed by atoms with E-state index in [0.717, 1.165) is 0 Å². The second kappa shape index (κ2) is 6.39. The molecule has 3 nitrogen and oxygen atoms in total. The Morgan fingerprint density at radius 3 is 2.60 bits per heavy atom. The van der Waals surface area contributed by atoms with Gasteiger partial charge < -0.3 is 14.6 Å². The summed E-state index contributed by atoms with van der Waals surface area (Å²) in [5.74, 6) is 1.29. The lowest BCUT2D eigenvalue weighted by molar-refractivity contribution is 0.195. The van der Waals surface area contributed by atoms with Crippen molar-refractivity contribution in [2.24, 2.45) is 0 Å². The lowest BCUT2D eigenvalue weighted by Crippen LogP contribution is -1.97. The summed E-state index contributed by atoms with van der Waals surface area (Å²) in [5, 5.41) is 9.67. The summed E-state index contributed by atoms with van der Waals surface area (Å²) in [6, 6.07) is 11.2. The fourth-order valence-electron chi connectivity index (χ4n) is 1.86. The van der Waals surface area contributed by atoms with Crippen molar-refractivity contribution in [2.75, 3.05) is 6.61 Å². The van der Waals surface area contributed by atoms with E-state index in [0.29, 0.717) is 29.4 Å². The molecule has 0 unspecified atom stereocenters. The van der Waals surface area contributed by atoms with Crippen LogP contribution in [0.15, 0.2) is 42.5 Å². The lowest BCUT2D eigenvalue weighted by atomic mass is 10.1. The molecule has 0 heterocycles. The van der Waals surface area contributed by atoms with Crippen LogP contribution in [-0.2, 0) is 0 Å². The third-order valence-electron chi connectivity index (χ3n) is 2.77. The quantitative estimate of drug-likeness (QED) is 0.894. The Morgan fingerprint density at radius 1 is 1.15 bits per heavy atom. The van der Waals surface area contributed by atoms with E-state index < -0.39 is 11.9 Å². The zero-order valence-corrected chi connectivity index (χ0v) is 11.5. The highest BCUT2D eigenvalue weighted by Crippen LogP contribution is 2.31. The Bertz CT molecular complexity index is 582. The standard InChI is InChI=1S/C16H17FO3/c1-3-19-13-5-4-6-14(10-13)20-16-8-7-12(17)9-15(16)11(2)18/h4-11,18H,3H2,1-2H3/t11-/m1/s1. The van der Waals surface area contributed by atoms with Crippen molar-refractivity contribution in [1.82, 2.24) is 0 Å². The monoisotopic (exact) mass is 276 g/mol. The van der Waals surface area contributed by atoms with E-state index in [-0.39, 0.29) is 0 Å². The van der Waals surface area contributed by atoms with Crippen LogP contribution < -0.4 is 9.47 Å². The van der Waals surface area contributed by atoms with E-state index >= 15 is 0 Å². The average Bonchev–Trinajstić information content (AvgIpc) is 2.41. The van der Waals surface area contributed by atoms with Crippen molar-refractivity contribution in [3.05, 3.63) is 53.8 Å². The van der Waals surface area contributed by atoms with Gasteiger partial charge in [0, 0.05) is 11.6 Å². The van der Waals surface area contributed by atoms with E-state index in [1.54, 1.807) is 19.1 Å². The molecule has 2 aromatic carbocycles. The Hall–Kier alpha value is -2.07. The van der Waals surface area contributed by atoms with Gasteiger partial charge in [0.2, 0.25) is 0 Å². The number of aliphatic hydroxyl groups is 1. The maximum atomic E-state index is 13.2. The Morgan fingerprint density at radius 2 is 1.90 bits per heavy atom. The average molecular weight is 276 g/mol. The summed E-state index contributed by atoms with van der Waals surface area (Å²) in [6.07, 6.45) is -0.809. The second-order valence-electron chi connectivity index (χ2n) is 4.37. The van der Waals surface area contributed by atoms with E-state index in [9.17, 15) is 9.50 Å². The van der Waals surface area contributed by atoms with Crippen LogP contribution >= 0.6 is 0 Å². The summed E-state index contributed by atoms with van der Waals surface area (Å²) >= 11 is 0. The normalized spacial score (nSPS) is 12.0. The highest BCUT2D eigenvalue weighted by atomic mass is 19.1. The van der Waals surface area contributed by atoms with Gasteiger partial charge in [-0.25, -0.2) is 4.39 Å². The number of hydrogen-bond donors (Lipinski definition) is 1. The van der Waals surface area contributed by atoms with Crippen LogP contribution in [0.2, 0.25) is 0 Å². The van der Waals surface area contributed by atoms with E-state index in [1.165, 1.54) is 18.2 Å². The minimum atomic E-state index is -0.809. The highest BCUT2D eigenvalue weighted by molar-refractivity contribution is 5.41. The highest BCUT2D eigenvalue weighted by Gasteiger charge is 2.11. The van der Waals surface area contributed by atoms with Crippen molar-refractivity contribution < 1.29 is 19.0 Å². The number of ether oxygens (including phenoxy) is 2. The molecule has 0 radical (unpaired) electrons. The molecule has 0 bridgehead atoms. The maximum absolute atomic E-state index is 13.2. The van der Waals surface area contributed by atoms with Crippen LogP contribution in [0.4, 0.5) is 4.39 Å². The van der Waals surface area contributed by atoms with E-state index in [2.05, 4.69) is 0 Å². The molecule has 106 valence electrons. The molecule has 2 rings (SSSR count). The molecule has 0 saturated heterocycles. The Labute approximate surface area is 117 Å². The molecule has 2 aromatic rings. The van der Waals surface area contributed by atoms with Crippen LogP contribution in [0.25, 0.3) is 0 Å². The molecule has 0 fully saturated rings. The molecule has 1 atom stereocenters. The SMILES string of the molecule is CCOc1cccc(Oc2ccc(F)cc2[C@@H](C)O)c1. The van der Waals surface area contributed by atoms with Crippen LogP contribution in [-0.4, -0.2) is 11.7 Å². The molecule has 0 aromatic heterocycles. The third kappa shape index (κ3) is 3.48. The van der Waals surface area contributed by atoms with Gasteiger partial charge in [-0.3, -0.25) is 0 Å². The molecular formula is C16H17FO3. The van der Waals surface area contributed by atoms with E-state index in [1.807, 2.05) is 19.1 Å². The fourth-order valence-corrected chi connectivity index (χ4v) is 1.86. The first kappa shape index (κ1) is 14.3. The summed E-state index contributed by atoms with van der Waals surface area (Å²) in [4.78, 5) is 0. The number of aliphatic hydroxyl groups excluding tert-OH is 1. The van der Waals surface area contributed by atoms with Gasteiger partial charge in [-0.2, -0.15) is 0 Å². The zero-order valence-electron chi connectivity index (χ0n) is 11.5. The number of rotatable bonds is 5. The smallest absolute Gasteiger partial charge is 0.133 e. The Kier molecular flexibility index (Phi) is 4.58. The number of halogens is 1. The predicted molar refractivity (Wildman–Crippen MR) is 74.7 cm³/mol. The van der Waals surface area contributed by atoms with Crippen LogP contribution in [0.5, 0.6) is 17.2 Å². The molecule has 0 aliphatic heterocycles. The van der Waals surface area contributed by atoms with Crippen LogP contribution in [0.1, 0.15) is 25.5 Å². The van der Waals surface area contributed by atoms with Crippen molar-refractivity contribution >= 4 is 0 Å². The van der Waals surface area contributed by atoms with Gasteiger partial charge >= 0.3 is 0 Å². The van der Waals surface area contributed by atoms with Crippen LogP contribution in [0.3, 0.4) is 0 Å². The van der Waals surface area contributed by atoms with Crippen LogP contribution in [0, 0.1) is 5.82 Å². The van der Waals surface area contributed by atoms with Gasteiger partial charge in [0.1, 0.15) is 23.1 Å². The lowest BCUT2D eigenvalue weighted by Gasteiger charge is -2.14. The number of benzene rings is 2. The van der Waals surface area contributed by atoms with Crippen molar-refractivity contribution in [3.8, 4) is 17.2 Å². The van der Waals surface area contributed by atoms with Crippen molar-refractivity contribution in [2.45, 2.75) is 20.0 Å². The summed E-state index contributed by atoms with van der Waals surface area (Å²) in [6.45, 7) is 4.04. The summed E-state index contributed by atoms with van der Waals surface area (Å²) in [7, 11) is 0. The third-order valence-corrected chi connectivity index (χ3v) is 2.77. The van der Waals surface area contributed by atoms with Crippen molar-refractivity contribution in [1.29, 1.82) is 0 Å². The minimum Gasteiger partial charge on any atom is -0.494 e. The molecule has 0 spiro atoms. The first-order chi connectivity index (χ1) is 9.60. The summed E-state index contributed by atoms with van der Waals surface area (Å²) < 4.78 is 24.3. The molecule has 1 N–H and O–H groups in total. The molecule has 0 saturated carbocycles. The zero-order chi connectivity index (χ0) is 14.5. The molecule has 4 heteroatoms. The van der Waals surface area contributed by atoms with Gasteiger partial charge in [0.05, 0.1) is 12.7 Å². The molecular weight excluding hydrogens is 259 g/mol. The van der Waals surface area contributed by atoms with Gasteiger partial charge in [-0.1, -0.05) is 6.07 Å². The maximum Gasteiger partial charge on any atom is 0.133 e. The molecule has 0 aliphatic rings. The predicted octanol–water partition coefficient (Wildman–Crippen LogP) is 4.07. The number of hydrogen-bond acceptors (Lipinski definition) is 3. The molecule has 20 heavy (non-hydrogen) atoms. The second-order valence-corrected chi connectivity index (χ2v) is 4.37. The van der Waals surface area contributed by atoms with Gasteiger partial charge in [0.25, 0.3) is 0 Å². The van der Waals surface area contributed by atoms with Gasteiger partial charge in [0.15, 0.2) is 0 Å². The largest absolute Gasteiger partial charge is 0.494 e. The first-order valence-electron chi connectivity index (χ1n) is 6.48. The minimum absolute atomic E-state index is 0.406. The van der Waals surface area contributed by atoms with Gasteiger partial charge in [-0.15, -0.1) is 0 Å². The topological polar surface area (TPSA) is 38.7 Å².